The molecule has 0 amide bonds. The van der Waals surface area contributed by atoms with Gasteiger partial charge in [-0.05, 0) is 30.7 Å². The predicted molar refractivity (Wildman–Crippen MR) is 80.0 cm³/mol. The Bertz CT molecular complexity index is 684. The van der Waals surface area contributed by atoms with Gasteiger partial charge in [0.05, 0.1) is 18.0 Å². The van der Waals surface area contributed by atoms with E-state index in [1.54, 1.807) is 31.2 Å². The summed E-state index contributed by atoms with van der Waals surface area (Å²) in [6.45, 7) is 1.67. The maximum absolute atomic E-state index is 11.6. The zero-order valence-corrected chi connectivity index (χ0v) is 12.2. The molecule has 2 rings (SSSR count). The van der Waals surface area contributed by atoms with Crippen molar-refractivity contribution in [1.29, 1.82) is 0 Å². The van der Waals surface area contributed by atoms with E-state index in [-0.39, 0.29) is 11.4 Å². The number of ether oxygens (including phenoxy) is 2. The van der Waals surface area contributed by atoms with Gasteiger partial charge < -0.3 is 9.47 Å². The van der Waals surface area contributed by atoms with Crippen molar-refractivity contribution in [3.63, 3.8) is 0 Å². The number of nitrogens with zero attached hydrogens (tertiary/aromatic N) is 1. The van der Waals surface area contributed by atoms with Gasteiger partial charge in [0.1, 0.15) is 5.75 Å². The van der Waals surface area contributed by atoms with E-state index in [2.05, 4.69) is 4.74 Å². The fourth-order valence-electron chi connectivity index (χ4n) is 1.96. The van der Waals surface area contributed by atoms with E-state index >= 15 is 0 Å². The number of carbonyl (C=O) groups is 1. The quantitative estimate of drug-likeness (QED) is 0.478. The first-order valence-corrected chi connectivity index (χ1v) is 6.62. The molecule has 0 spiro atoms. The van der Waals surface area contributed by atoms with Crippen molar-refractivity contribution in [2.45, 2.75) is 12.8 Å². The summed E-state index contributed by atoms with van der Waals surface area (Å²) in [6.07, 6.45) is 0. The standard InChI is InChI=1S/C16H15NO5/c1-11(16(18)21-2)12-8-9-14(17(19)20)15(10-12)22-13-6-4-3-5-7-13/h3-11H,1-2H3. The van der Waals surface area contributed by atoms with Gasteiger partial charge >= 0.3 is 11.7 Å². The zero-order valence-electron chi connectivity index (χ0n) is 12.2. The highest BCUT2D eigenvalue weighted by molar-refractivity contribution is 5.78. The van der Waals surface area contributed by atoms with Gasteiger partial charge in [0.25, 0.3) is 0 Å². The van der Waals surface area contributed by atoms with E-state index in [4.69, 9.17) is 4.74 Å². The molecule has 6 heteroatoms. The van der Waals surface area contributed by atoms with Crippen LogP contribution in [0.5, 0.6) is 11.5 Å². The van der Waals surface area contributed by atoms with E-state index in [1.165, 1.54) is 25.3 Å². The lowest BCUT2D eigenvalue weighted by atomic mass is 10.0. The van der Waals surface area contributed by atoms with E-state index in [0.29, 0.717) is 11.3 Å². The summed E-state index contributed by atoms with van der Waals surface area (Å²) in [5, 5.41) is 11.1. The van der Waals surface area contributed by atoms with E-state index < -0.39 is 16.8 Å². The lowest BCUT2D eigenvalue weighted by Gasteiger charge is -2.12. The molecule has 1 atom stereocenters. The molecular formula is C16H15NO5. The van der Waals surface area contributed by atoms with E-state index in [0.717, 1.165) is 0 Å². The van der Waals surface area contributed by atoms with Crippen molar-refractivity contribution >= 4 is 11.7 Å². The van der Waals surface area contributed by atoms with Crippen LogP contribution in [0.3, 0.4) is 0 Å². The summed E-state index contributed by atoms with van der Waals surface area (Å²) in [7, 11) is 1.30. The molecule has 0 aliphatic rings. The van der Waals surface area contributed by atoms with Crippen molar-refractivity contribution in [3.8, 4) is 11.5 Å². The Kier molecular flexibility index (Phi) is 4.73. The molecule has 0 heterocycles. The summed E-state index contributed by atoms with van der Waals surface area (Å²) < 4.78 is 10.3. The molecule has 114 valence electrons. The maximum Gasteiger partial charge on any atom is 0.312 e. The summed E-state index contributed by atoms with van der Waals surface area (Å²) in [5.74, 6) is -0.388. The number of esters is 1. The summed E-state index contributed by atoms with van der Waals surface area (Å²) in [4.78, 5) is 22.2. The largest absolute Gasteiger partial charge is 0.469 e. The lowest BCUT2D eigenvalue weighted by molar-refractivity contribution is -0.385. The van der Waals surface area contributed by atoms with Gasteiger partial charge in [-0.25, -0.2) is 0 Å². The topological polar surface area (TPSA) is 78.7 Å². The molecule has 2 aromatic carbocycles. The monoisotopic (exact) mass is 301 g/mol. The van der Waals surface area contributed by atoms with Crippen LogP contribution >= 0.6 is 0 Å². The molecular weight excluding hydrogens is 286 g/mol. The number of para-hydroxylation sites is 1. The molecule has 2 aromatic rings. The fraction of sp³-hybridized carbons (Fsp3) is 0.188. The molecule has 1 unspecified atom stereocenters. The Morgan fingerprint density at radius 2 is 1.86 bits per heavy atom. The van der Waals surface area contributed by atoms with Crippen molar-refractivity contribution in [1.82, 2.24) is 0 Å². The number of methoxy groups -OCH3 is 1. The van der Waals surface area contributed by atoms with Crippen LogP contribution in [-0.2, 0) is 9.53 Å². The van der Waals surface area contributed by atoms with Gasteiger partial charge in [0.15, 0.2) is 0 Å². The minimum Gasteiger partial charge on any atom is -0.469 e. The van der Waals surface area contributed by atoms with Crippen LogP contribution in [0.1, 0.15) is 18.4 Å². The Morgan fingerprint density at radius 3 is 2.45 bits per heavy atom. The van der Waals surface area contributed by atoms with Crippen molar-refractivity contribution in [2.75, 3.05) is 7.11 Å². The second-order valence-corrected chi connectivity index (χ2v) is 4.64. The summed E-state index contributed by atoms with van der Waals surface area (Å²) >= 11 is 0. The number of benzene rings is 2. The molecule has 22 heavy (non-hydrogen) atoms. The van der Waals surface area contributed by atoms with Crippen molar-refractivity contribution in [3.05, 3.63) is 64.2 Å². The van der Waals surface area contributed by atoms with Crippen LogP contribution in [0, 0.1) is 10.1 Å². The number of nitro benzene ring substituents is 1. The number of hydrogen-bond donors (Lipinski definition) is 0. The second-order valence-electron chi connectivity index (χ2n) is 4.64. The Morgan fingerprint density at radius 1 is 1.18 bits per heavy atom. The molecule has 0 bridgehead atoms. The van der Waals surface area contributed by atoms with Gasteiger partial charge in [-0.15, -0.1) is 0 Å². The van der Waals surface area contributed by atoms with Crippen molar-refractivity contribution in [2.24, 2.45) is 0 Å². The maximum atomic E-state index is 11.6. The van der Waals surface area contributed by atoms with Crippen LogP contribution < -0.4 is 4.74 Å². The molecule has 0 aliphatic heterocycles. The minimum atomic E-state index is -0.538. The minimum absolute atomic E-state index is 0.0875. The first kappa shape index (κ1) is 15.5. The third-order valence-corrected chi connectivity index (χ3v) is 3.21. The molecule has 0 aromatic heterocycles. The third kappa shape index (κ3) is 3.41. The van der Waals surface area contributed by atoms with Gasteiger partial charge in [-0.2, -0.15) is 0 Å². The number of rotatable bonds is 5. The van der Waals surface area contributed by atoms with Gasteiger partial charge in [-0.3, -0.25) is 14.9 Å². The number of carbonyl (C=O) groups excluding carboxylic acids is 1. The normalized spacial score (nSPS) is 11.5. The Balaban J connectivity index is 2.40. The van der Waals surface area contributed by atoms with Crippen LogP contribution in [0.2, 0.25) is 0 Å². The highest BCUT2D eigenvalue weighted by atomic mass is 16.6. The number of hydrogen-bond acceptors (Lipinski definition) is 5. The second kappa shape index (κ2) is 6.71. The number of nitro groups is 1. The Hall–Kier alpha value is -2.89. The average molecular weight is 301 g/mol. The van der Waals surface area contributed by atoms with E-state index in [1.807, 2.05) is 6.07 Å². The van der Waals surface area contributed by atoms with Crippen molar-refractivity contribution < 1.29 is 19.2 Å². The molecule has 0 radical (unpaired) electrons. The third-order valence-electron chi connectivity index (χ3n) is 3.21. The van der Waals surface area contributed by atoms with Crippen LogP contribution in [0.25, 0.3) is 0 Å². The lowest BCUT2D eigenvalue weighted by Crippen LogP contribution is -2.11. The van der Waals surface area contributed by atoms with Crippen LogP contribution in [0.4, 0.5) is 5.69 Å². The zero-order chi connectivity index (χ0) is 16.1. The summed E-state index contributed by atoms with van der Waals surface area (Å²) in [6, 6.07) is 13.1. The fourth-order valence-corrected chi connectivity index (χ4v) is 1.96. The average Bonchev–Trinajstić information content (AvgIpc) is 2.54. The molecule has 0 aliphatic carbocycles. The predicted octanol–water partition coefficient (Wildman–Crippen LogP) is 3.66. The highest BCUT2D eigenvalue weighted by Crippen LogP contribution is 2.34. The smallest absolute Gasteiger partial charge is 0.312 e. The van der Waals surface area contributed by atoms with Gasteiger partial charge in [-0.1, -0.05) is 24.3 Å². The SMILES string of the molecule is COC(=O)C(C)c1ccc([N+](=O)[O-])c(Oc2ccccc2)c1. The van der Waals surface area contributed by atoms with E-state index in [9.17, 15) is 14.9 Å². The first-order valence-electron chi connectivity index (χ1n) is 6.62. The molecule has 0 saturated heterocycles. The summed E-state index contributed by atoms with van der Waals surface area (Å²) in [5.41, 5.74) is 0.424. The molecule has 6 nitrogen and oxygen atoms in total. The highest BCUT2D eigenvalue weighted by Gasteiger charge is 2.22. The molecule has 0 fully saturated rings. The van der Waals surface area contributed by atoms with Gasteiger partial charge in [0.2, 0.25) is 5.75 Å². The first-order chi connectivity index (χ1) is 10.5. The van der Waals surface area contributed by atoms with Crippen LogP contribution in [0.15, 0.2) is 48.5 Å². The molecule has 0 N–H and O–H groups in total. The Labute approximate surface area is 127 Å². The van der Waals surface area contributed by atoms with Gasteiger partial charge in [0, 0.05) is 6.07 Å². The van der Waals surface area contributed by atoms with Crippen LogP contribution in [-0.4, -0.2) is 18.0 Å². The molecule has 0 saturated carbocycles.